The van der Waals surface area contributed by atoms with Crippen LogP contribution in [-0.4, -0.2) is 17.0 Å². The molecule has 0 unspecified atom stereocenters. The summed E-state index contributed by atoms with van der Waals surface area (Å²) in [6.07, 6.45) is 1.90. The first-order valence-electron chi connectivity index (χ1n) is 5.85. The van der Waals surface area contributed by atoms with Crippen molar-refractivity contribution in [2.75, 3.05) is 5.32 Å². The minimum Gasteiger partial charge on any atom is -0.409 e. The molecule has 5 nitrogen and oxygen atoms in total. The smallest absolute Gasteiger partial charge is 0.238 e. The highest BCUT2D eigenvalue weighted by molar-refractivity contribution is 9.10. The topological polar surface area (TPSA) is 87.7 Å². The normalized spacial score (nSPS) is 17.4. The molecule has 1 aromatic carbocycles. The monoisotopic (exact) mass is 379 g/mol. The van der Waals surface area contributed by atoms with Crippen LogP contribution in [0.15, 0.2) is 21.8 Å². The van der Waals surface area contributed by atoms with Gasteiger partial charge in [-0.2, -0.15) is 0 Å². The van der Waals surface area contributed by atoms with Gasteiger partial charge in [0, 0.05) is 4.47 Å². The lowest BCUT2D eigenvalue weighted by Crippen LogP contribution is -2.51. The van der Waals surface area contributed by atoms with Gasteiger partial charge in [0.15, 0.2) is 5.84 Å². The van der Waals surface area contributed by atoms with Crippen LogP contribution in [-0.2, 0) is 4.79 Å². The summed E-state index contributed by atoms with van der Waals surface area (Å²) in [4.78, 5) is 12.4. The quantitative estimate of drug-likeness (QED) is 0.324. The van der Waals surface area contributed by atoms with E-state index >= 15 is 0 Å². The molecule has 1 amide bonds. The average Bonchev–Trinajstić information content (AvgIpc) is 2.32. The van der Waals surface area contributed by atoms with E-state index in [2.05, 4.69) is 26.4 Å². The molecule has 0 atom stereocenters. The van der Waals surface area contributed by atoms with Gasteiger partial charge in [-0.15, -0.1) is 0 Å². The van der Waals surface area contributed by atoms with Gasteiger partial charge in [0.05, 0.1) is 15.7 Å². The Bertz CT molecular complexity index is 565. The highest BCUT2D eigenvalue weighted by Crippen LogP contribution is 2.43. The van der Waals surface area contributed by atoms with Gasteiger partial charge in [0.2, 0.25) is 5.91 Å². The molecule has 0 spiro atoms. The molecule has 0 heterocycles. The van der Waals surface area contributed by atoms with E-state index in [9.17, 15) is 4.79 Å². The van der Waals surface area contributed by atoms with Crippen LogP contribution in [0.25, 0.3) is 0 Å². The number of oxime groups is 1. The summed E-state index contributed by atoms with van der Waals surface area (Å²) < 4.78 is 0.709. The second-order valence-corrected chi connectivity index (χ2v) is 6.35. The van der Waals surface area contributed by atoms with E-state index in [1.54, 1.807) is 12.1 Å². The number of anilines is 1. The molecule has 4 N–H and O–H groups in total. The zero-order valence-electron chi connectivity index (χ0n) is 10.3. The lowest BCUT2D eigenvalue weighted by molar-refractivity contribution is -0.125. The van der Waals surface area contributed by atoms with Crippen molar-refractivity contribution in [2.45, 2.75) is 19.3 Å². The molecule has 0 aliphatic heterocycles. The van der Waals surface area contributed by atoms with Gasteiger partial charge in [0.1, 0.15) is 5.41 Å². The number of hydrogen-bond donors (Lipinski definition) is 3. The van der Waals surface area contributed by atoms with Crippen LogP contribution in [0.2, 0.25) is 10.0 Å². The van der Waals surface area contributed by atoms with Crippen LogP contribution in [0.5, 0.6) is 0 Å². The van der Waals surface area contributed by atoms with Crippen LogP contribution in [0, 0.1) is 5.41 Å². The van der Waals surface area contributed by atoms with Gasteiger partial charge in [-0.3, -0.25) is 4.79 Å². The zero-order valence-corrected chi connectivity index (χ0v) is 13.4. The average molecular weight is 381 g/mol. The van der Waals surface area contributed by atoms with Gasteiger partial charge in [-0.1, -0.05) is 50.7 Å². The van der Waals surface area contributed by atoms with Gasteiger partial charge in [-0.25, -0.2) is 0 Å². The van der Waals surface area contributed by atoms with E-state index in [1.165, 1.54) is 0 Å². The first kappa shape index (κ1) is 15.4. The lowest BCUT2D eigenvalue weighted by Gasteiger charge is -2.38. The largest absolute Gasteiger partial charge is 0.409 e. The Morgan fingerprint density at radius 3 is 2.35 bits per heavy atom. The van der Waals surface area contributed by atoms with E-state index in [-0.39, 0.29) is 11.7 Å². The molecule has 108 valence electrons. The number of carbonyl (C=O) groups excluding carboxylic acids is 1. The maximum Gasteiger partial charge on any atom is 0.238 e. The van der Waals surface area contributed by atoms with Crippen molar-refractivity contribution in [2.24, 2.45) is 16.3 Å². The van der Waals surface area contributed by atoms with Gasteiger partial charge in [0.25, 0.3) is 0 Å². The minimum atomic E-state index is -0.978. The molecule has 1 fully saturated rings. The summed E-state index contributed by atoms with van der Waals surface area (Å²) in [5.74, 6) is -0.462. The third-order valence-corrected chi connectivity index (χ3v) is 4.54. The fourth-order valence-corrected chi connectivity index (χ4v) is 3.42. The predicted octanol–water partition coefficient (Wildman–Crippen LogP) is 3.61. The number of nitrogens with zero attached hydrogens (tertiary/aromatic N) is 1. The molecule has 1 aliphatic carbocycles. The van der Waals surface area contributed by atoms with Crippen molar-refractivity contribution in [3.05, 3.63) is 26.7 Å². The molecule has 0 aromatic heterocycles. The van der Waals surface area contributed by atoms with E-state index < -0.39 is 5.41 Å². The maximum absolute atomic E-state index is 12.4. The molecule has 8 heteroatoms. The van der Waals surface area contributed by atoms with Crippen LogP contribution >= 0.6 is 39.1 Å². The van der Waals surface area contributed by atoms with Crippen LogP contribution in [0.3, 0.4) is 0 Å². The Kier molecular flexibility index (Phi) is 4.46. The highest BCUT2D eigenvalue weighted by atomic mass is 79.9. The van der Waals surface area contributed by atoms with Crippen LogP contribution < -0.4 is 11.1 Å². The van der Waals surface area contributed by atoms with Crippen molar-refractivity contribution >= 4 is 56.6 Å². The number of nitrogens with one attached hydrogen (secondary N) is 1. The maximum atomic E-state index is 12.4. The fourth-order valence-electron chi connectivity index (χ4n) is 2.12. The minimum absolute atomic E-state index is 0.0920. The predicted molar refractivity (Wildman–Crippen MR) is 82.5 cm³/mol. The summed E-state index contributed by atoms with van der Waals surface area (Å²) >= 11 is 15.4. The van der Waals surface area contributed by atoms with Crippen molar-refractivity contribution in [1.29, 1.82) is 0 Å². The Balaban J connectivity index is 2.29. The number of halogens is 3. The Morgan fingerprint density at radius 2 is 1.95 bits per heavy atom. The Hall–Kier alpha value is -0.980. The number of amidine groups is 1. The van der Waals surface area contributed by atoms with E-state index in [4.69, 9.17) is 34.1 Å². The fraction of sp³-hybridized carbons (Fsp3) is 0.333. The number of benzene rings is 1. The molecule has 2 rings (SSSR count). The number of nitrogens with two attached hydrogens (primary N) is 1. The van der Waals surface area contributed by atoms with Crippen molar-refractivity contribution in [3.63, 3.8) is 0 Å². The summed E-state index contributed by atoms with van der Waals surface area (Å²) in [6.45, 7) is 0. The summed E-state index contributed by atoms with van der Waals surface area (Å²) in [7, 11) is 0. The number of amides is 1. The third kappa shape index (κ3) is 2.60. The standard InChI is InChI=1S/C12H12BrCl2N3O2/c13-6-4-7(14)9(8(15)5-6)17-11(19)12(2-1-3-12)10(16)18-20/h4-5,20H,1-3H2,(H2,16,18)(H,17,19). The van der Waals surface area contributed by atoms with Crippen molar-refractivity contribution in [3.8, 4) is 0 Å². The van der Waals surface area contributed by atoms with Crippen molar-refractivity contribution in [1.82, 2.24) is 0 Å². The van der Waals surface area contributed by atoms with Gasteiger partial charge in [-0.05, 0) is 25.0 Å². The van der Waals surface area contributed by atoms with Crippen molar-refractivity contribution < 1.29 is 10.0 Å². The molecule has 20 heavy (non-hydrogen) atoms. The molecular formula is C12H12BrCl2N3O2. The lowest BCUT2D eigenvalue weighted by atomic mass is 9.67. The van der Waals surface area contributed by atoms with Gasteiger partial charge < -0.3 is 16.3 Å². The molecule has 1 saturated carbocycles. The zero-order chi connectivity index (χ0) is 14.9. The summed E-state index contributed by atoms with van der Waals surface area (Å²) in [6, 6.07) is 3.25. The molecule has 1 aromatic rings. The molecule has 1 aliphatic rings. The summed E-state index contributed by atoms with van der Waals surface area (Å²) in [5, 5.41) is 15.1. The van der Waals surface area contributed by atoms with Gasteiger partial charge >= 0.3 is 0 Å². The molecule has 0 saturated heterocycles. The molecule has 0 radical (unpaired) electrons. The number of hydrogen-bond acceptors (Lipinski definition) is 3. The second-order valence-electron chi connectivity index (χ2n) is 4.62. The SMILES string of the molecule is NC(=NO)C1(C(=O)Nc2c(Cl)cc(Br)cc2Cl)CCC1. The van der Waals surface area contributed by atoms with E-state index in [0.717, 1.165) is 6.42 Å². The first-order chi connectivity index (χ1) is 9.40. The molecular weight excluding hydrogens is 369 g/mol. The van der Waals surface area contributed by atoms with E-state index in [1.807, 2.05) is 0 Å². The Labute approximate surface area is 134 Å². The Morgan fingerprint density at radius 1 is 1.40 bits per heavy atom. The van der Waals surface area contributed by atoms with Crippen LogP contribution in [0.4, 0.5) is 5.69 Å². The first-order valence-corrected chi connectivity index (χ1v) is 7.39. The summed E-state index contributed by atoms with van der Waals surface area (Å²) in [5.41, 5.74) is 4.97. The van der Waals surface area contributed by atoms with Crippen LogP contribution in [0.1, 0.15) is 19.3 Å². The second kappa shape index (κ2) is 5.79. The van der Waals surface area contributed by atoms with E-state index in [0.29, 0.717) is 33.0 Å². The number of rotatable bonds is 3. The number of carbonyl (C=O) groups is 1. The third-order valence-electron chi connectivity index (χ3n) is 3.49. The highest BCUT2D eigenvalue weighted by Gasteiger charge is 2.48. The molecule has 0 bridgehead atoms.